The van der Waals surface area contributed by atoms with Crippen LogP contribution in [0.1, 0.15) is 5.56 Å². The van der Waals surface area contributed by atoms with E-state index in [0.29, 0.717) is 5.56 Å². The van der Waals surface area contributed by atoms with E-state index >= 15 is 0 Å². The Morgan fingerprint density at radius 3 is 2.67 bits per heavy atom. The molecule has 0 radical (unpaired) electrons. The minimum absolute atomic E-state index is 0.222. The summed E-state index contributed by atoms with van der Waals surface area (Å²) in [5.74, 6) is 0.222. The SMILES string of the molecule is Oc1ccccc1C=C1C=CC=CC1O. The van der Waals surface area contributed by atoms with Crippen LogP contribution in [0.2, 0.25) is 0 Å². The van der Waals surface area contributed by atoms with Crippen molar-refractivity contribution in [1.29, 1.82) is 0 Å². The van der Waals surface area contributed by atoms with Gasteiger partial charge in [0.05, 0.1) is 6.10 Å². The number of aromatic hydroxyl groups is 1. The third-order valence-electron chi connectivity index (χ3n) is 2.29. The van der Waals surface area contributed by atoms with E-state index in [1.54, 1.807) is 36.4 Å². The Morgan fingerprint density at radius 1 is 1.13 bits per heavy atom. The molecule has 1 aromatic rings. The number of hydrogen-bond acceptors (Lipinski definition) is 2. The lowest BCUT2D eigenvalue weighted by molar-refractivity contribution is 0.263. The lowest BCUT2D eigenvalue weighted by atomic mass is 10.0. The van der Waals surface area contributed by atoms with Crippen molar-refractivity contribution in [2.45, 2.75) is 6.10 Å². The van der Waals surface area contributed by atoms with Gasteiger partial charge < -0.3 is 10.2 Å². The highest BCUT2D eigenvalue weighted by atomic mass is 16.3. The zero-order valence-electron chi connectivity index (χ0n) is 8.17. The van der Waals surface area contributed by atoms with E-state index in [2.05, 4.69) is 0 Å². The molecule has 0 aliphatic heterocycles. The van der Waals surface area contributed by atoms with Crippen LogP contribution in [0.25, 0.3) is 6.08 Å². The Morgan fingerprint density at radius 2 is 1.93 bits per heavy atom. The fourth-order valence-electron chi connectivity index (χ4n) is 1.47. The van der Waals surface area contributed by atoms with Crippen molar-refractivity contribution in [3.05, 3.63) is 59.7 Å². The highest BCUT2D eigenvalue weighted by Gasteiger charge is 2.07. The lowest BCUT2D eigenvalue weighted by Crippen LogP contribution is -2.06. The smallest absolute Gasteiger partial charge is 0.122 e. The van der Waals surface area contributed by atoms with Crippen LogP contribution in [0.15, 0.2) is 54.1 Å². The van der Waals surface area contributed by atoms with Crippen molar-refractivity contribution >= 4 is 6.08 Å². The number of aliphatic hydroxyl groups is 1. The van der Waals surface area contributed by atoms with Crippen LogP contribution in [-0.2, 0) is 0 Å². The van der Waals surface area contributed by atoms with Crippen molar-refractivity contribution in [2.75, 3.05) is 0 Å². The highest BCUT2D eigenvalue weighted by Crippen LogP contribution is 2.22. The van der Waals surface area contributed by atoms with Gasteiger partial charge in [0, 0.05) is 5.56 Å². The van der Waals surface area contributed by atoms with Crippen molar-refractivity contribution in [2.24, 2.45) is 0 Å². The fourth-order valence-corrected chi connectivity index (χ4v) is 1.47. The van der Waals surface area contributed by atoms with Crippen LogP contribution in [0.5, 0.6) is 5.75 Å². The molecule has 0 aromatic heterocycles. The molecule has 0 spiro atoms. The summed E-state index contributed by atoms with van der Waals surface area (Å²) in [6.45, 7) is 0. The maximum absolute atomic E-state index is 9.63. The van der Waals surface area contributed by atoms with Gasteiger partial charge in [0.1, 0.15) is 5.75 Å². The molecule has 1 aromatic carbocycles. The number of rotatable bonds is 1. The molecule has 0 saturated heterocycles. The normalized spacial score (nSPS) is 22.2. The minimum Gasteiger partial charge on any atom is -0.507 e. The van der Waals surface area contributed by atoms with Crippen LogP contribution in [0.3, 0.4) is 0 Å². The average Bonchev–Trinajstić information content (AvgIpc) is 2.24. The Balaban J connectivity index is 2.34. The summed E-state index contributed by atoms with van der Waals surface area (Å²) in [7, 11) is 0. The number of phenolic OH excluding ortho intramolecular Hbond substituents is 1. The van der Waals surface area contributed by atoms with E-state index in [0.717, 1.165) is 5.57 Å². The van der Waals surface area contributed by atoms with Crippen molar-refractivity contribution in [3.8, 4) is 5.75 Å². The Kier molecular flexibility index (Phi) is 2.70. The maximum Gasteiger partial charge on any atom is 0.122 e. The third-order valence-corrected chi connectivity index (χ3v) is 2.29. The van der Waals surface area contributed by atoms with Gasteiger partial charge in [-0.05, 0) is 17.7 Å². The van der Waals surface area contributed by atoms with Gasteiger partial charge in [-0.3, -0.25) is 0 Å². The van der Waals surface area contributed by atoms with E-state index in [9.17, 15) is 10.2 Å². The van der Waals surface area contributed by atoms with Gasteiger partial charge in [-0.1, -0.05) is 42.5 Å². The van der Waals surface area contributed by atoms with Crippen LogP contribution in [-0.4, -0.2) is 16.3 Å². The topological polar surface area (TPSA) is 40.5 Å². The molecule has 2 nitrogen and oxygen atoms in total. The number of hydrogen-bond donors (Lipinski definition) is 2. The number of aliphatic hydroxyl groups excluding tert-OH is 1. The molecule has 0 heterocycles. The molecule has 76 valence electrons. The van der Waals surface area contributed by atoms with Crippen LogP contribution in [0, 0.1) is 0 Å². The summed E-state index contributed by atoms with van der Waals surface area (Å²) < 4.78 is 0. The van der Waals surface area contributed by atoms with Gasteiger partial charge in [-0.15, -0.1) is 0 Å². The van der Waals surface area contributed by atoms with E-state index in [1.165, 1.54) is 0 Å². The first-order valence-corrected chi connectivity index (χ1v) is 4.80. The number of benzene rings is 1. The van der Waals surface area contributed by atoms with Gasteiger partial charge in [-0.2, -0.15) is 0 Å². The van der Waals surface area contributed by atoms with E-state index in [1.807, 2.05) is 18.2 Å². The highest BCUT2D eigenvalue weighted by molar-refractivity contribution is 5.63. The largest absolute Gasteiger partial charge is 0.507 e. The van der Waals surface area contributed by atoms with Gasteiger partial charge in [0.25, 0.3) is 0 Å². The van der Waals surface area contributed by atoms with E-state index in [4.69, 9.17) is 0 Å². The van der Waals surface area contributed by atoms with E-state index < -0.39 is 6.10 Å². The second-order valence-corrected chi connectivity index (χ2v) is 3.39. The molecule has 0 bridgehead atoms. The number of allylic oxidation sites excluding steroid dienone is 2. The molecule has 0 fully saturated rings. The zero-order valence-corrected chi connectivity index (χ0v) is 8.17. The minimum atomic E-state index is -0.588. The van der Waals surface area contributed by atoms with Crippen LogP contribution in [0.4, 0.5) is 0 Å². The standard InChI is InChI=1S/C13H12O2/c14-12-7-3-1-5-10(12)9-11-6-2-4-8-13(11)15/h1-9,12,14-15H. The first-order valence-electron chi connectivity index (χ1n) is 4.80. The molecular weight excluding hydrogens is 188 g/mol. The molecule has 1 aliphatic rings. The second-order valence-electron chi connectivity index (χ2n) is 3.39. The van der Waals surface area contributed by atoms with E-state index in [-0.39, 0.29) is 5.75 Å². The zero-order chi connectivity index (χ0) is 10.7. The Bertz CT molecular complexity index is 442. The number of para-hydroxylation sites is 1. The predicted molar refractivity (Wildman–Crippen MR) is 60.4 cm³/mol. The molecule has 15 heavy (non-hydrogen) atoms. The molecule has 1 atom stereocenters. The van der Waals surface area contributed by atoms with Crippen molar-refractivity contribution in [1.82, 2.24) is 0 Å². The molecule has 1 aliphatic carbocycles. The average molecular weight is 200 g/mol. The van der Waals surface area contributed by atoms with Crippen LogP contribution < -0.4 is 0 Å². The molecule has 0 saturated carbocycles. The predicted octanol–water partition coefficient (Wildman–Crippen LogP) is 2.26. The third kappa shape index (κ3) is 2.17. The number of phenols is 1. The summed E-state index contributed by atoms with van der Waals surface area (Å²) in [5.41, 5.74) is 1.49. The van der Waals surface area contributed by atoms with Gasteiger partial charge in [0.15, 0.2) is 0 Å². The van der Waals surface area contributed by atoms with Crippen LogP contribution >= 0.6 is 0 Å². The van der Waals surface area contributed by atoms with Gasteiger partial charge in [0.2, 0.25) is 0 Å². The molecular formula is C13H12O2. The quantitative estimate of drug-likeness (QED) is 0.730. The summed E-state index contributed by atoms with van der Waals surface area (Å²) in [5, 5.41) is 19.2. The molecule has 2 rings (SSSR count). The monoisotopic (exact) mass is 200 g/mol. The van der Waals surface area contributed by atoms with Crippen molar-refractivity contribution < 1.29 is 10.2 Å². The summed E-state index contributed by atoms with van der Waals surface area (Å²) in [6.07, 6.45) is 8.38. The molecule has 2 N–H and O–H groups in total. The molecule has 2 heteroatoms. The second kappa shape index (κ2) is 4.15. The Labute approximate surface area is 88.5 Å². The first kappa shape index (κ1) is 9.74. The lowest BCUT2D eigenvalue weighted by Gasteiger charge is -2.10. The summed E-state index contributed by atoms with van der Waals surface area (Å²) in [6, 6.07) is 7.05. The molecule has 1 unspecified atom stereocenters. The fraction of sp³-hybridized carbons (Fsp3) is 0.0769. The van der Waals surface area contributed by atoms with Gasteiger partial charge in [-0.25, -0.2) is 0 Å². The Hall–Kier alpha value is -1.80. The first-order chi connectivity index (χ1) is 7.27. The van der Waals surface area contributed by atoms with Gasteiger partial charge >= 0.3 is 0 Å². The molecule has 0 amide bonds. The summed E-state index contributed by atoms with van der Waals surface area (Å²) in [4.78, 5) is 0. The maximum atomic E-state index is 9.63. The summed E-state index contributed by atoms with van der Waals surface area (Å²) >= 11 is 0. The van der Waals surface area contributed by atoms with Crippen molar-refractivity contribution in [3.63, 3.8) is 0 Å².